The van der Waals surface area contributed by atoms with Gasteiger partial charge in [0.15, 0.2) is 0 Å². The van der Waals surface area contributed by atoms with Gasteiger partial charge in [-0.15, -0.1) is 11.3 Å². The molecular weight excluding hydrogens is 402 g/mol. The van der Waals surface area contributed by atoms with E-state index in [0.717, 1.165) is 10.4 Å². The number of ether oxygens (including phenoxy) is 2. The highest BCUT2D eigenvalue weighted by molar-refractivity contribution is 7.16. The predicted octanol–water partition coefficient (Wildman–Crippen LogP) is 4.15. The highest BCUT2D eigenvalue weighted by Gasteiger charge is 2.17. The van der Waals surface area contributed by atoms with Crippen LogP contribution in [0.25, 0.3) is 16.5 Å². The van der Waals surface area contributed by atoms with Gasteiger partial charge in [0.2, 0.25) is 0 Å². The van der Waals surface area contributed by atoms with Crippen molar-refractivity contribution >= 4 is 35.3 Å². The zero-order valence-electron chi connectivity index (χ0n) is 16.4. The normalized spacial score (nSPS) is 10.9. The van der Waals surface area contributed by atoms with Crippen LogP contribution in [0.2, 0.25) is 0 Å². The minimum atomic E-state index is -0.663. The van der Waals surface area contributed by atoms with E-state index in [1.54, 1.807) is 54.6 Å². The van der Waals surface area contributed by atoms with Gasteiger partial charge in [0.05, 0.1) is 19.8 Å². The smallest absolute Gasteiger partial charge is 0.354 e. The second-order valence-corrected chi connectivity index (χ2v) is 7.22. The van der Waals surface area contributed by atoms with Gasteiger partial charge in [-0.25, -0.2) is 9.59 Å². The Labute approximate surface area is 177 Å². The largest absolute Gasteiger partial charge is 0.465 e. The summed E-state index contributed by atoms with van der Waals surface area (Å²) in [4.78, 5) is 38.2. The topological polar surface area (TPSA) is 81.7 Å². The number of carbonyl (C=O) groups excluding carboxylic acids is 3. The first-order chi connectivity index (χ1) is 14.5. The van der Waals surface area contributed by atoms with Gasteiger partial charge in [-0.3, -0.25) is 4.79 Å². The number of hydrogen-bond acceptors (Lipinski definition) is 6. The summed E-state index contributed by atoms with van der Waals surface area (Å²) in [7, 11) is 2.58. The first-order valence-corrected chi connectivity index (χ1v) is 9.79. The second-order valence-electron chi connectivity index (χ2n) is 6.11. The van der Waals surface area contributed by atoms with Gasteiger partial charge in [0.25, 0.3) is 5.91 Å². The maximum Gasteiger partial charge on any atom is 0.354 e. The fourth-order valence-corrected chi connectivity index (χ4v) is 3.73. The first kappa shape index (κ1) is 21.0. The summed E-state index contributed by atoms with van der Waals surface area (Å²) in [5, 5.41) is 2.60. The van der Waals surface area contributed by atoms with Crippen LogP contribution in [0.1, 0.15) is 25.6 Å². The van der Waals surface area contributed by atoms with E-state index in [2.05, 4.69) is 5.32 Å². The lowest BCUT2D eigenvalue weighted by Gasteiger charge is -2.08. The van der Waals surface area contributed by atoms with Gasteiger partial charge in [0.1, 0.15) is 5.70 Å². The van der Waals surface area contributed by atoms with Crippen molar-refractivity contribution in [3.63, 3.8) is 0 Å². The lowest BCUT2D eigenvalue weighted by atomic mass is 10.1. The molecule has 0 aliphatic carbocycles. The maximum absolute atomic E-state index is 12.4. The molecule has 0 fully saturated rings. The van der Waals surface area contributed by atoms with Crippen molar-refractivity contribution in [3.8, 4) is 10.4 Å². The average molecular weight is 421 g/mol. The van der Waals surface area contributed by atoms with Crippen molar-refractivity contribution in [1.82, 2.24) is 5.32 Å². The second kappa shape index (κ2) is 9.67. The number of thiophene rings is 1. The number of methoxy groups -OCH3 is 2. The number of carbonyl (C=O) groups is 3. The van der Waals surface area contributed by atoms with Crippen LogP contribution < -0.4 is 5.32 Å². The first-order valence-electron chi connectivity index (χ1n) is 8.97. The van der Waals surface area contributed by atoms with Crippen molar-refractivity contribution in [3.05, 3.63) is 88.4 Å². The summed E-state index contributed by atoms with van der Waals surface area (Å²) in [6, 6.07) is 19.3. The third-order valence-corrected chi connectivity index (χ3v) is 5.27. The minimum Gasteiger partial charge on any atom is -0.465 e. The van der Waals surface area contributed by atoms with E-state index in [-0.39, 0.29) is 5.70 Å². The van der Waals surface area contributed by atoms with Gasteiger partial charge in [-0.2, -0.15) is 0 Å². The monoisotopic (exact) mass is 421 g/mol. The quantitative estimate of drug-likeness (QED) is 0.478. The number of benzene rings is 2. The lowest BCUT2D eigenvalue weighted by molar-refractivity contribution is -0.136. The molecular formula is C23H19NO5S. The number of rotatable bonds is 6. The molecule has 7 heteroatoms. The molecule has 0 aliphatic rings. The van der Waals surface area contributed by atoms with E-state index in [0.29, 0.717) is 16.0 Å². The van der Waals surface area contributed by atoms with Crippen molar-refractivity contribution in [2.24, 2.45) is 0 Å². The maximum atomic E-state index is 12.4. The Balaban J connectivity index is 1.91. The summed E-state index contributed by atoms with van der Waals surface area (Å²) in [6.07, 6.45) is 1.54. The summed E-state index contributed by atoms with van der Waals surface area (Å²) >= 11 is 1.36. The highest BCUT2D eigenvalue weighted by atomic mass is 32.1. The molecule has 1 aromatic heterocycles. The fourth-order valence-electron chi connectivity index (χ4n) is 2.74. The summed E-state index contributed by atoms with van der Waals surface area (Å²) in [5.41, 5.74) is 1.61. The van der Waals surface area contributed by atoms with Gasteiger partial charge < -0.3 is 14.8 Å². The van der Waals surface area contributed by atoms with E-state index in [1.807, 2.05) is 18.2 Å². The standard InChI is InChI=1S/C23H19NO5S/c1-28-22(26)18-11-7-6-10-17(18)20-13-12-16(30-20)14-19(23(27)29-2)24-21(25)15-8-4-3-5-9-15/h3-14H,1-2H3,(H,24,25)/b19-14-. The highest BCUT2D eigenvalue weighted by Crippen LogP contribution is 2.32. The average Bonchev–Trinajstić information content (AvgIpc) is 3.26. The lowest BCUT2D eigenvalue weighted by Crippen LogP contribution is -2.27. The molecule has 0 atom stereocenters. The van der Waals surface area contributed by atoms with Crippen LogP contribution in [0, 0.1) is 0 Å². The van der Waals surface area contributed by atoms with E-state index in [4.69, 9.17) is 9.47 Å². The van der Waals surface area contributed by atoms with E-state index in [9.17, 15) is 14.4 Å². The fraction of sp³-hybridized carbons (Fsp3) is 0.0870. The number of amides is 1. The summed E-state index contributed by atoms with van der Waals surface area (Å²) in [6.45, 7) is 0. The van der Waals surface area contributed by atoms with Gasteiger partial charge in [-0.1, -0.05) is 36.4 Å². The molecule has 2 aromatic carbocycles. The molecule has 0 radical (unpaired) electrons. The molecule has 0 saturated carbocycles. The molecule has 6 nitrogen and oxygen atoms in total. The summed E-state index contributed by atoms with van der Waals surface area (Å²) < 4.78 is 9.65. The molecule has 0 unspecified atom stereocenters. The van der Waals surface area contributed by atoms with Crippen LogP contribution in [0.3, 0.4) is 0 Å². The number of hydrogen-bond donors (Lipinski definition) is 1. The molecule has 3 rings (SSSR count). The van der Waals surface area contributed by atoms with Crippen LogP contribution >= 0.6 is 11.3 Å². The Hall–Kier alpha value is -3.71. The molecule has 1 N–H and O–H groups in total. The van der Waals surface area contributed by atoms with Crippen LogP contribution in [-0.2, 0) is 14.3 Å². The van der Waals surface area contributed by atoms with Crippen LogP contribution in [0.5, 0.6) is 0 Å². The van der Waals surface area contributed by atoms with E-state index < -0.39 is 17.8 Å². The zero-order chi connectivity index (χ0) is 21.5. The Bertz CT molecular complexity index is 1100. The molecule has 152 valence electrons. The third kappa shape index (κ3) is 4.82. The molecule has 0 aliphatic heterocycles. The van der Waals surface area contributed by atoms with Crippen LogP contribution in [-0.4, -0.2) is 32.1 Å². The summed E-state index contributed by atoms with van der Waals surface area (Å²) in [5.74, 6) is -1.51. The molecule has 0 spiro atoms. The molecule has 1 amide bonds. The van der Waals surface area contributed by atoms with Gasteiger partial charge >= 0.3 is 11.9 Å². The Morgan fingerprint density at radius 2 is 1.57 bits per heavy atom. The number of esters is 2. The predicted molar refractivity (Wildman–Crippen MR) is 115 cm³/mol. The van der Waals surface area contributed by atoms with Crippen molar-refractivity contribution in [1.29, 1.82) is 0 Å². The van der Waals surface area contributed by atoms with E-state index >= 15 is 0 Å². The van der Waals surface area contributed by atoms with Gasteiger partial charge in [0, 0.05) is 20.9 Å². The molecule has 30 heavy (non-hydrogen) atoms. The van der Waals surface area contributed by atoms with E-state index in [1.165, 1.54) is 25.6 Å². The molecule has 3 aromatic rings. The van der Waals surface area contributed by atoms with Gasteiger partial charge in [-0.05, 0) is 36.4 Å². The SMILES string of the molecule is COC(=O)/C(=C/c1ccc(-c2ccccc2C(=O)OC)s1)NC(=O)c1ccccc1. The van der Waals surface area contributed by atoms with Crippen LogP contribution in [0.4, 0.5) is 0 Å². The third-order valence-electron chi connectivity index (χ3n) is 4.20. The van der Waals surface area contributed by atoms with Crippen molar-refractivity contribution < 1.29 is 23.9 Å². The molecule has 1 heterocycles. The Kier molecular flexibility index (Phi) is 6.77. The Morgan fingerprint density at radius 3 is 2.27 bits per heavy atom. The Morgan fingerprint density at radius 1 is 0.867 bits per heavy atom. The van der Waals surface area contributed by atoms with Crippen LogP contribution in [0.15, 0.2) is 72.4 Å². The van der Waals surface area contributed by atoms with Crippen molar-refractivity contribution in [2.45, 2.75) is 0 Å². The zero-order valence-corrected chi connectivity index (χ0v) is 17.2. The molecule has 0 bridgehead atoms. The van der Waals surface area contributed by atoms with Crippen molar-refractivity contribution in [2.75, 3.05) is 14.2 Å². The minimum absolute atomic E-state index is 0.0148. The number of nitrogens with one attached hydrogen (secondary N) is 1. The molecule has 0 saturated heterocycles.